The summed E-state index contributed by atoms with van der Waals surface area (Å²) >= 11 is 0. The largest absolute Gasteiger partial charge is 0.507 e. The summed E-state index contributed by atoms with van der Waals surface area (Å²) < 4.78 is 9.66. The molecule has 0 unspecified atom stereocenters. The van der Waals surface area contributed by atoms with Gasteiger partial charge in [-0.2, -0.15) is 0 Å². The van der Waals surface area contributed by atoms with Gasteiger partial charge in [0, 0.05) is 18.5 Å². The van der Waals surface area contributed by atoms with Gasteiger partial charge in [0.25, 0.3) is 0 Å². The van der Waals surface area contributed by atoms with Crippen molar-refractivity contribution in [3.05, 3.63) is 23.8 Å². The van der Waals surface area contributed by atoms with Crippen LogP contribution in [0.1, 0.15) is 30.1 Å². The molecule has 6 N–H and O–H groups in total. The molecule has 27 heavy (non-hydrogen) atoms. The van der Waals surface area contributed by atoms with Crippen molar-refractivity contribution in [2.24, 2.45) is 5.73 Å². The van der Waals surface area contributed by atoms with Crippen molar-refractivity contribution in [3.63, 3.8) is 0 Å². The lowest BCUT2D eigenvalue weighted by Crippen LogP contribution is -2.41. The lowest BCUT2D eigenvalue weighted by Gasteiger charge is -2.27. The summed E-state index contributed by atoms with van der Waals surface area (Å²) in [4.78, 5) is 21.3. The molecule has 0 spiro atoms. The van der Waals surface area contributed by atoms with Gasteiger partial charge >= 0.3 is 5.97 Å². The topological polar surface area (TPSA) is 145 Å². The van der Waals surface area contributed by atoms with Crippen LogP contribution in [0.25, 0.3) is 0 Å². The molecule has 0 bridgehead atoms. The number of nitrogen functional groups attached to an aromatic ring is 1. The molecule has 0 radical (unpaired) electrons. The van der Waals surface area contributed by atoms with Gasteiger partial charge in [-0.25, -0.2) is 4.79 Å². The van der Waals surface area contributed by atoms with Gasteiger partial charge in [0.1, 0.15) is 29.9 Å². The predicted octanol–water partition coefficient (Wildman–Crippen LogP) is 0.660. The Morgan fingerprint density at radius 2 is 1.93 bits per heavy atom. The van der Waals surface area contributed by atoms with Crippen LogP contribution in [0.5, 0.6) is 5.75 Å². The molecule has 1 aliphatic rings. The van der Waals surface area contributed by atoms with Crippen molar-refractivity contribution < 1.29 is 29.3 Å². The number of aldehydes is 1. The summed E-state index contributed by atoms with van der Waals surface area (Å²) in [6.45, 7) is 1.97. The standard InChI is InChI=1S/C9H11NO3.C6H11NO3.2C2H2/c1-2-13-9(12)7-5-6(10)3-4-8(7)11;7-6-2-4(9)1-5(3-8)10-6;2*1-2/h3-5,11H,2,10H2,1H3;3-6,9H,1-2,7H2;2*1-2H/t;4-,5-,6+;;/m.0../s1. The number of esters is 1. The number of aromatic hydroxyl groups is 1. The fourth-order valence-electron chi connectivity index (χ4n) is 1.98. The summed E-state index contributed by atoms with van der Waals surface area (Å²) in [6.07, 6.45) is 16.0. The van der Waals surface area contributed by atoms with E-state index in [0.717, 1.165) is 0 Å². The van der Waals surface area contributed by atoms with E-state index >= 15 is 0 Å². The number of phenolic OH excluding ortho intramolecular Hbond substituents is 1. The number of ether oxygens (including phenoxy) is 2. The Morgan fingerprint density at radius 1 is 1.33 bits per heavy atom. The normalized spacial score (nSPS) is 20.0. The zero-order chi connectivity index (χ0) is 21.4. The Morgan fingerprint density at radius 3 is 2.41 bits per heavy atom. The summed E-state index contributed by atoms with van der Waals surface area (Å²) in [6, 6.07) is 4.26. The maximum absolute atomic E-state index is 11.2. The number of terminal acetylenes is 2. The molecule has 0 amide bonds. The summed E-state index contributed by atoms with van der Waals surface area (Å²) in [5.74, 6) is -0.681. The lowest BCUT2D eigenvalue weighted by atomic mass is 10.1. The molecule has 1 aromatic rings. The molecule has 2 rings (SSSR count). The van der Waals surface area contributed by atoms with Crippen molar-refractivity contribution in [3.8, 4) is 31.4 Å². The Labute approximate surface area is 159 Å². The molecule has 1 heterocycles. The molecule has 3 atom stereocenters. The van der Waals surface area contributed by atoms with Crippen molar-refractivity contribution >= 4 is 17.9 Å². The number of anilines is 1. The van der Waals surface area contributed by atoms with Crippen LogP contribution in [0.15, 0.2) is 18.2 Å². The number of phenols is 1. The van der Waals surface area contributed by atoms with E-state index in [4.69, 9.17) is 26.0 Å². The number of rotatable bonds is 3. The van der Waals surface area contributed by atoms with E-state index in [-0.39, 0.29) is 17.9 Å². The van der Waals surface area contributed by atoms with Gasteiger partial charge in [-0.1, -0.05) is 0 Å². The first-order chi connectivity index (χ1) is 12.9. The minimum Gasteiger partial charge on any atom is -0.507 e. The monoisotopic (exact) mass is 378 g/mol. The van der Waals surface area contributed by atoms with Crippen molar-refractivity contribution in [1.29, 1.82) is 0 Å². The third kappa shape index (κ3) is 10.5. The number of benzene rings is 1. The minimum absolute atomic E-state index is 0.0989. The number of hydrogen-bond donors (Lipinski definition) is 4. The van der Waals surface area contributed by atoms with Crippen LogP contribution in [0.3, 0.4) is 0 Å². The Bertz CT molecular complexity index is 599. The zero-order valence-corrected chi connectivity index (χ0v) is 15.2. The van der Waals surface area contributed by atoms with Crippen LogP contribution in [0.4, 0.5) is 5.69 Å². The van der Waals surface area contributed by atoms with Gasteiger partial charge in [-0.15, -0.1) is 25.7 Å². The number of aliphatic hydroxyl groups is 1. The SMILES string of the molecule is C#C.C#C.CCOC(=O)c1cc(N)ccc1O.N[C@H]1C[C@@H](O)C[C@@H](C=O)O1. The van der Waals surface area contributed by atoms with Gasteiger partial charge in [-0.3, -0.25) is 0 Å². The van der Waals surface area contributed by atoms with Crippen LogP contribution >= 0.6 is 0 Å². The molecule has 148 valence electrons. The molecule has 1 saturated heterocycles. The number of hydrogen-bond acceptors (Lipinski definition) is 8. The van der Waals surface area contributed by atoms with Crippen molar-refractivity contribution in [1.82, 2.24) is 0 Å². The molecular formula is C19H26N2O6. The van der Waals surface area contributed by atoms with E-state index in [1.165, 1.54) is 18.2 Å². The second-order valence-electron chi connectivity index (χ2n) is 4.97. The first kappa shape index (κ1) is 26.2. The van der Waals surface area contributed by atoms with E-state index in [1.807, 2.05) is 0 Å². The highest BCUT2D eigenvalue weighted by atomic mass is 16.5. The lowest BCUT2D eigenvalue weighted by molar-refractivity contribution is -0.134. The Kier molecular flexibility index (Phi) is 14.8. The molecule has 1 aromatic carbocycles. The fraction of sp³-hybridized carbons (Fsp3) is 0.368. The second-order valence-corrected chi connectivity index (χ2v) is 4.97. The molecular weight excluding hydrogens is 352 g/mol. The zero-order valence-electron chi connectivity index (χ0n) is 15.2. The highest BCUT2D eigenvalue weighted by Crippen LogP contribution is 2.20. The molecule has 0 aromatic heterocycles. The number of nitrogens with two attached hydrogens (primary N) is 2. The van der Waals surface area contributed by atoms with E-state index in [1.54, 1.807) is 6.92 Å². The molecule has 0 saturated carbocycles. The van der Waals surface area contributed by atoms with Gasteiger partial charge in [0.15, 0.2) is 0 Å². The van der Waals surface area contributed by atoms with Crippen LogP contribution in [-0.4, -0.2) is 47.5 Å². The van der Waals surface area contributed by atoms with E-state index < -0.39 is 24.4 Å². The maximum Gasteiger partial charge on any atom is 0.341 e. The summed E-state index contributed by atoms with van der Waals surface area (Å²) in [5, 5.41) is 18.3. The van der Waals surface area contributed by atoms with Gasteiger partial charge in [-0.05, 0) is 25.1 Å². The summed E-state index contributed by atoms with van der Waals surface area (Å²) in [7, 11) is 0. The van der Waals surface area contributed by atoms with Crippen LogP contribution in [0.2, 0.25) is 0 Å². The number of carbonyl (C=O) groups excluding carboxylic acids is 2. The highest BCUT2D eigenvalue weighted by Gasteiger charge is 2.25. The van der Waals surface area contributed by atoms with Gasteiger partial charge in [0.05, 0.1) is 12.7 Å². The highest BCUT2D eigenvalue weighted by molar-refractivity contribution is 5.93. The minimum atomic E-state index is -0.563. The predicted molar refractivity (Wildman–Crippen MR) is 102 cm³/mol. The Hall–Kier alpha value is -3.04. The summed E-state index contributed by atoms with van der Waals surface area (Å²) in [5.41, 5.74) is 11.3. The molecule has 1 aliphatic heterocycles. The fourth-order valence-corrected chi connectivity index (χ4v) is 1.98. The molecule has 8 heteroatoms. The number of carbonyl (C=O) groups is 2. The van der Waals surface area contributed by atoms with E-state index in [0.29, 0.717) is 24.8 Å². The average molecular weight is 378 g/mol. The first-order valence-corrected chi connectivity index (χ1v) is 7.84. The molecule has 8 nitrogen and oxygen atoms in total. The number of aliphatic hydroxyl groups excluding tert-OH is 1. The van der Waals surface area contributed by atoms with Crippen LogP contribution in [0, 0.1) is 25.7 Å². The van der Waals surface area contributed by atoms with Crippen molar-refractivity contribution in [2.75, 3.05) is 12.3 Å². The van der Waals surface area contributed by atoms with Crippen LogP contribution < -0.4 is 11.5 Å². The van der Waals surface area contributed by atoms with E-state index in [2.05, 4.69) is 25.7 Å². The van der Waals surface area contributed by atoms with Crippen LogP contribution in [-0.2, 0) is 14.3 Å². The van der Waals surface area contributed by atoms with E-state index in [9.17, 15) is 14.7 Å². The first-order valence-electron chi connectivity index (χ1n) is 7.84. The molecule has 0 aliphatic carbocycles. The van der Waals surface area contributed by atoms with Crippen molar-refractivity contribution in [2.45, 2.75) is 38.2 Å². The Balaban J connectivity index is 0. The van der Waals surface area contributed by atoms with Gasteiger partial charge < -0.3 is 35.9 Å². The second kappa shape index (κ2) is 15.2. The third-order valence-corrected chi connectivity index (χ3v) is 3.03. The average Bonchev–Trinajstić information content (AvgIpc) is 2.67. The maximum atomic E-state index is 11.2. The quantitative estimate of drug-likeness (QED) is 0.197. The molecule has 1 fully saturated rings. The smallest absolute Gasteiger partial charge is 0.341 e. The van der Waals surface area contributed by atoms with Gasteiger partial charge in [0.2, 0.25) is 0 Å². The third-order valence-electron chi connectivity index (χ3n) is 3.03.